The van der Waals surface area contributed by atoms with E-state index in [4.69, 9.17) is 15.0 Å². The number of aromatic nitrogens is 1. The molecule has 1 radical (unpaired) electrons. The molecular formula is C46H69Cl3FeN3. The number of pyridine rings is 1. The first-order valence-electron chi connectivity index (χ1n) is 20.2. The van der Waals surface area contributed by atoms with Crippen LogP contribution < -0.4 is 37.2 Å². The van der Waals surface area contributed by atoms with Crippen LogP contribution in [-0.2, 0) is 55.6 Å². The third-order valence-corrected chi connectivity index (χ3v) is 9.76. The van der Waals surface area contributed by atoms with Crippen molar-refractivity contribution in [3.8, 4) is 0 Å². The average Bonchev–Trinajstić information content (AvgIpc) is 3.10. The Morgan fingerprint density at radius 2 is 0.717 bits per heavy atom. The zero-order valence-corrected chi connectivity index (χ0v) is 37.9. The minimum atomic E-state index is 0. The van der Waals surface area contributed by atoms with Crippen LogP contribution in [0, 0.1) is 6.92 Å². The van der Waals surface area contributed by atoms with E-state index in [0.29, 0.717) is 0 Å². The van der Waals surface area contributed by atoms with Crippen LogP contribution in [-0.4, -0.2) is 16.4 Å². The van der Waals surface area contributed by atoms with Crippen LogP contribution in [0.15, 0.2) is 46.4 Å². The summed E-state index contributed by atoms with van der Waals surface area (Å²) in [6.07, 6.45) is 21.1. The molecule has 7 heteroatoms. The standard InChI is InChI=1S/C46H69N3.3ClH.Fe/c1-10-16-22-37-30-39(24-18-12-3)45(40(31-37)25-19-13-4)47-35(8)43-28-34(7)29-44(49-43)36(9)48-46-41(26-20-14-5)32-38(23-17-11-2)33-42(46)27-21-15-6;;;;/h28-33H,10-27H2,1-9H3;3*1H;/q;;;;+3/p-3. The first-order valence-corrected chi connectivity index (χ1v) is 20.2. The van der Waals surface area contributed by atoms with E-state index in [9.17, 15) is 0 Å². The maximum atomic E-state index is 5.43. The Hall–Kier alpha value is -1.68. The van der Waals surface area contributed by atoms with Gasteiger partial charge in [-0.25, -0.2) is 4.98 Å². The molecule has 0 aliphatic rings. The van der Waals surface area contributed by atoms with Crippen LogP contribution in [0.1, 0.15) is 183 Å². The maximum Gasteiger partial charge on any atom is 3.00 e. The van der Waals surface area contributed by atoms with E-state index in [0.717, 1.165) is 61.3 Å². The Kier molecular flexibility index (Phi) is 29.8. The van der Waals surface area contributed by atoms with Gasteiger partial charge in [-0.3, -0.25) is 9.98 Å². The summed E-state index contributed by atoms with van der Waals surface area (Å²) in [6, 6.07) is 14.2. The van der Waals surface area contributed by atoms with Crippen molar-refractivity contribution in [2.75, 3.05) is 0 Å². The van der Waals surface area contributed by atoms with Crippen LogP contribution in [0.2, 0.25) is 0 Å². The molecule has 3 rings (SSSR count). The van der Waals surface area contributed by atoms with Gasteiger partial charge in [-0.05, 0) is 149 Å². The van der Waals surface area contributed by atoms with E-state index >= 15 is 0 Å². The summed E-state index contributed by atoms with van der Waals surface area (Å²) in [5.74, 6) is 0. The third-order valence-electron chi connectivity index (χ3n) is 9.76. The summed E-state index contributed by atoms with van der Waals surface area (Å²) >= 11 is 0. The van der Waals surface area contributed by atoms with Gasteiger partial charge in [0.2, 0.25) is 0 Å². The number of aryl methyl sites for hydroxylation is 7. The number of nitrogens with zero attached hydrogens (tertiary/aromatic N) is 3. The quantitative estimate of drug-likeness (QED) is 0.107. The Labute approximate surface area is 354 Å². The molecule has 0 bridgehead atoms. The smallest absolute Gasteiger partial charge is 1.00 e. The number of hydrogen-bond acceptors (Lipinski definition) is 3. The van der Waals surface area contributed by atoms with Crippen molar-refractivity contribution in [2.45, 2.75) is 178 Å². The van der Waals surface area contributed by atoms with Gasteiger partial charge >= 0.3 is 17.1 Å². The average molecular weight is 826 g/mol. The molecule has 0 saturated heterocycles. The van der Waals surface area contributed by atoms with Crippen LogP contribution >= 0.6 is 0 Å². The van der Waals surface area contributed by atoms with Crippen molar-refractivity contribution < 1.29 is 54.3 Å². The molecule has 0 fully saturated rings. The molecule has 0 aliphatic heterocycles. The van der Waals surface area contributed by atoms with Gasteiger partial charge in [0.1, 0.15) is 0 Å². The van der Waals surface area contributed by atoms with Gasteiger partial charge in [-0.1, -0.05) is 104 Å². The molecule has 0 amide bonds. The van der Waals surface area contributed by atoms with Gasteiger partial charge < -0.3 is 37.2 Å². The van der Waals surface area contributed by atoms with Gasteiger partial charge in [0.05, 0.1) is 34.2 Å². The van der Waals surface area contributed by atoms with E-state index in [2.05, 4.69) is 98.7 Å². The first kappa shape index (κ1) is 53.4. The molecule has 3 nitrogen and oxygen atoms in total. The van der Waals surface area contributed by atoms with Crippen LogP contribution in [0.5, 0.6) is 0 Å². The number of halogens is 3. The Morgan fingerprint density at radius 3 is 0.981 bits per heavy atom. The fraction of sp³-hybridized carbons (Fsp3) is 0.587. The van der Waals surface area contributed by atoms with Crippen LogP contribution in [0.4, 0.5) is 11.4 Å². The largest absolute Gasteiger partial charge is 3.00 e. The number of hydrogen-bond donors (Lipinski definition) is 0. The SMILES string of the molecule is CCCCc1cc(CCCC)c(N=C(C)c2cc(C)cc(C(C)=Nc3c(CCCC)cc(CCCC)cc3CCCC)n2)c(CCCC)c1.[Cl-].[Cl-].[Cl-].[Fe+3]. The summed E-state index contributed by atoms with van der Waals surface area (Å²) in [5, 5.41) is 0. The van der Waals surface area contributed by atoms with Crippen molar-refractivity contribution >= 4 is 22.8 Å². The molecule has 297 valence electrons. The molecule has 2 aromatic carbocycles. The maximum absolute atomic E-state index is 5.43. The number of rotatable bonds is 22. The van der Waals surface area contributed by atoms with Gasteiger partial charge in [0.25, 0.3) is 0 Å². The number of aliphatic imine (C=N–C) groups is 2. The second-order valence-corrected chi connectivity index (χ2v) is 14.5. The first-order chi connectivity index (χ1) is 23.8. The minimum absolute atomic E-state index is 0. The molecule has 53 heavy (non-hydrogen) atoms. The van der Waals surface area contributed by atoms with Gasteiger partial charge in [-0.15, -0.1) is 0 Å². The molecule has 0 unspecified atom stereocenters. The van der Waals surface area contributed by atoms with E-state index in [-0.39, 0.29) is 54.3 Å². The molecular weight excluding hydrogens is 757 g/mol. The fourth-order valence-corrected chi connectivity index (χ4v) is 6.72. The topological polar surface area (TPSA) is 37.6 Å². The minimum Gasteiger partial charge on any atom is -1.00 e. The van der Waals surface area contributed by atoms with Crippen molar-refractivity contribution in [2.24, 2.45) is 9.98 Å². The van der Waals surface area contributed by atoms with Gasteiger partial charge in [-0.2, -0.15) is 0 Å². The zero-order chi connectivity index (χ0) is 35.6. The van der Waals surface area contributed by atoms with Crippen molar-refractivity contribution in [3.63, 3.8) is 0 Å². The van der Waals surface area contributed by atoms with E-state index < -0.39 is 0 Å². The summed E-state index contributed by atoms with van der Waals surface area (Å²) in [6.45, 7) is 20.2. The van der Waals surface area contributed by atoms with Gasteiger partial charge in [0, 0.05) is 0 Å². The fourth-order valence-electron chi connectivity index (χ4n) is 6.72. The monoisotopic (exact) mass is 824 g/mol. The normalized spacial score (nSPS) is 11.3. The van der Waals surface area contributed by atoms with E-state index in [1.807, 2.05) is 0 Å². The molecule has 0 spiro atoms. The molecule has 1 heterocycles. The van der Waals surface area contributed by atoms with E-state index in [1.165, 1.54) is 127 Å². The van der Waals surface area contributed by atoms with E-state index in [1.54, 1.807) is 0 Å². The zero-order valence-electron chi connectivity index (χ0n) is 34.5. The van der Waals surface area contributed by atoms with Gasteiger partial charge in [0.15, 0.2) is 0 Å². The predicted octanol–water partition coefficient (Wildman–Crippen LogP) is 4.74. The number of benzene rings is 2. The summed E-state index contributed by atoms with van der Waals surface area (Å²) in [4.78, 5) is 16.1. The summed E-state index contributed by atoms with van der Waals surface area (Å²) < 4.78 is 0. The molecule has 0 aliphatic carbocycles. The van der Waals surface area contributed by atoms with Crippen molar-refractivity contribution in [3.05, 3.63) is 86.7 Å². The third kappa shape index (κ3) is 17.3. The summed E-state index contributed by atoms with van der Waals surface area (Å²) in [5.41, 5.74) is 16.1. The van der Waals surface area contributed by atoms with Crippen LogP contribution in [0.25, 0.3) is 0 Å². The molecule has 0 N–H and O–H groups in total. The molecule has 3 aromatic rings. The molecule has 0 saturated carbocycles. The Morgan fingerprint density at radius 1 is 0.453 bits per heavy atom. The molecule has 1 aromatic heterocycles. The molecule has 0 atom stereocenters. The Balaban J connectivity index is 0. The van der Waals surface area contributed by atoms with Crippen molar-refractivity contribution in [1.82, 2.24) is 4.98 Å². The predicted molar refractivity (Wildman–Crippen MR) is 217 cm³/mol. The van der Waals surface area contributed by atoms with Crippen molar-refractivity contribution in [1.29, 1.82) is 0 Å². The second kappa shape index (κ2) is 29.6. The number of unbranched alkanes of at least 4 members (excludes halogenated alkanes) is 6. The summed E-state index contributed by atoms with van der Waals surface area (Å²) in [7, 11) is 0. The second-order valence-electron chi connectivity index (χ2n) is 14.5. The Bertz CT molecular complexity index is 1360. The van der Waals surface area contributed by atoms with Crippen LogP contribution in [0.3, 0.4) is 0 Å².